The van der Waals surface area contributed by atoms with E-state index in [9.17, 15) is 0 Å². The summed E-state index contributed by atoms with van der Waals surface area (Å²) in [5.74, 6) is 0. The standard InChI is InChI=1S/C22H46O/c1-5-9-13-14-15-16-17-20-22(18-10-6-2,19-11-7-3)23-21-12-8-4/h5-21H2,1-4H3. The highest BCUT2D eigenvalue weighted by Crippen LogP contribution is 2.32. The lowest BCUT2D eigenvalue weighted by atomic mass is 9.85. The van der Waals surface area contributed by atoms with Gasteiger partial charge in [0.15, 0.2) is 0 Å². The zero-order valence-electron chi connectivity index (χ0n) is 16.9. The topological polar surface area (TPSA) is 9.23 Å². The third-order valence-corrected chi connectivity index (χ3v) is 5.11. The van der Waals surface area contributed by atoms with E-state index in [1.54, 1.807) is 0 Å². The van der Waals surface area contributed by atoms with Gasteiger partial charge in [0, 0.05) is 6.61 Å². The molecular formula is C22H46O. The number of ether oxygens (including phenoxy) is 1. The van der Waals surface area contributed by atoms with Crippen molar-refractivity contribution in [2.45, 2.75) is 136 Å². The SMILES string of the molecule is CCCCCCCCCC(CCCC)(CCCC)OCCCC. The Morgan fingerprint density at radius 1 is 0.478 bits per heavy atom. The Balaban J connectivity index is 4.28. The number of unbranched alkanes of at least 4 members (excludes halogenated alkanes) is 9. The van der Waals surface area contributed by atoms with E-state index in [1.165, 1.54) is 103 Å². The van der Waals surface area contributed by atoms with E-state index in [0.29, 0.717) is 0 Å². The van der Waals surface area contributed by atoms with Gasteiger partial charge in [0.25, 0.3) is 0 Å². The van der Waals surface area contributed by atoms with Crippen LogP contribution in [0.1, 0.15) is 130 Å². The lowest BCUT2D eigenvalue weighted by Gasteiger charge is -2.35. The van der Waals surface area contributed by atoms with Crippen molar-refractivity contribution < 1.29 is 4.74 Å². The van der Waals surface area contributed by atoms with Gasteiger partial charge in [-0.05, 0) is 25.7 Å². The number of rotatable bonds is 18. The van der Waals surface area contributed by atoms with Crippen LogP contribution in [0.5, 0.6) is 0 Å². The first-order valence-electron chi connectivity index (χ1n) is 10.9. The van der Waals surface area contributed by atoms with E-state index in [-0.39, 0.29) is 5.60 Å². The van der Waals surface area contributed by atoms with Crippen LogP contribution in [0.2, 0.25) is 0 Å². The Bertz CT molecular complexity index is 216. The van der Waals surface area contributed by atoms with Crippen LogP contribution in [-0.2, 0) is 4.74 Å². The summed E-state index contributed by atoms with van der Waals surface area (Å²) in [6.45, 7) is 10.2. The van der Waals surface area contributed by atoms with Gasteiger partial charge in [0.05, 0.1) is 5.60 Å². The summed E-state index contributed by atoms with van der Waals surface area (Å²) in [6.07, 6.45) is 21.4. The fourth-order valence-electron chi connectivity index (χ4n) is 3.43. The molecule has 0 atom stereocenters. The largest absolute Gasteiger partial charge is 0.375 e. The first-order chi connectivity index (χ1) is 11.2. The molecule has 0 radical (unpaired) electrons. The minimum Gasteiger partial charge on any atom is -0.375 e. The van der Waals surface area contributed by atoms with E-state index >= 15 is 0 Å². The molecule has 0 aromatic heterocycles. The summed E-state index contributed by atoms with van der Waals surface area (Å²) < 4.78 is 6.52. The first kappa shape index (κ1) is 23.0. The molecule has 23 heavy (non-hydrogen) atoms. The van der Waals surface area contributed by atoms with Crippen molar-refractivity contribution >= 4 is 0 Å². The highest BCUT2D eigenvalue weighted by molar-refractivity contribution is 4.81. The summed E-state index contributed by atoms with van der Waals surface area (Å²) in [5.41, 5.74) is 0.199. The fourth-order valence-corrected chi connectivity index (χ4v) is 3.43. The molecule has 0 amide bonds. The quantitative estimate of drug-likeness (QED) is 0.231. The average molecular weight is 327 g/mol. The number of hydrogen-bond acceptors (Lipinski definition) is 1. The van der Waals surface area contributed by atoms with E-state index in [4.69, 9.17) is 4.74 Å². The molecule has 0 saturated heterocycles. The first-order valence-corrected chi connectivity index (χ1v) is 10.9. The molecule has 1 heteroatoms. The maximum Gasteiger partial charge on any atom is 0.0682 e. The lowest BCUT2D eigenvalue weighted by molar-refractivity contribution is -0.0686. The molecule has 0 aliphatic heterocycles. The molecule has 1 nitrogen and oxygen atoms in total. The highest BCUT2D eigenvalue weighted by atomic mass is 16.5. The van der Waals surface area contributed by atoms with Crippen LogP contribution in [0.25, 0.3) is 0 Å². The monoisotopic (exact) mass is 326 g/mol. The van der Waals surface area contributed by atoms with Gasteiger partial charge >= 0.3 is 0 Å². The van der Waals surface area contributed by atoms with E-state index in [2.05, 4.69) is 27.7 Å². The molecule has 0 saturated carbocycles. The van der Waals surface area contributed by atoms with Crippen LogP contribution in [0.4, 0.5) is 0 Å². The molecule has 140 valence electrons. The Morgan fingerprint density at radius 3 is 1.43 bits per heavy atom. The smallest absolute Gasteiger partial charge is 0.0682 e. The second kappa shape index (κ2) is 16.8. The molecule has 0 spiro atoms. The van der Waals surface area contributed by atoms with Gasteiger partial charge in [-0.15, -0.1) is 0 Å². The lowest BCUT2D eigenvalue weighted by Crippen LogP contribution is -2.33. The third-order valence-electron chi connectivity index (χ3n) is 5.11. The second-order valence-corrected chi connectivity index (χ2v) is 7.46. The number of hydrogen-bond donors (Lipinski definition) is 0. The molecule has 0 aliphatic rings. The van der Waals surface area contributed by atoms with Crippen LogP contribution in [0.15, 0.2) is 0 Å². The maximum absolute atomic E-state index is 6.52. The molecule has 0 bridgehead atoms. The highest BCUT2D eigenvalue weighted by Gasteiger charge is 2.29. The van der Waals surface area contributed by atoms with Crippen LogP contribution in [0, 0.1) is 0 Å². The predicted octanol–water partition coefficient (Wildman–Crippen LogP) is 8.06. The Hall–Kier alpha value is -0.0400. The zero-order valence-corrected chi connectivity index (χ0v) is 16.9. The van der Waals surface area contributed by atoms with Crippen molar-refractivity contribution in [3.05, 3.63) is 0 Å². The Labute approximate surface area is 148 Å². The van der Waals surface area contributed by atoms with E-state index in [0.717, 1.165) is 6.61 Å². The fraction of sp³-hybridized carbons (Fsp3) is 1.00. The minimum absolute atomic E-state index is 0.199. The zero-order chi connectivity index (χ0) is 17.2. The van der Waals surface area contributed by atoms with Crippen LogP contribution in [-0.4, -0.2) is 12.2 Å². The van der Waals surface area contributed by atoms with E-state index < -0.39 is 0 Å². The van der Waals surface area contributed by atoms with Gasteiger partial charge in [0.1, 0.15) is 0 Å². The van der Waals surface area contributed by atoms with Crippen molar-refractivity contribution in [1.29, 1.82) is 0 Å². The molecule has 0 aliphatic carbocycles. The predicted molar refractivity (Wildman–Crippen MR) is 105 cm³/mol. The van der Waals surface area contributed by atoms with Gasteiger partial charge in [-0.3, -0.25) is 0 Å². The summed E-state index contributed by atoms with van der Waals surface area (Å²) in [4.78, 5) is 0. The molecule has 0 N–H and O–H groups in total. The molecule has 0 heterocycles. The summed E-state index contributed by atoms with van der Waals surface area (Å²) in [7, 11) is 0. The summed E-state index contributed by atoms with van der Waals surface area (Å²) in [6, 6.07) is 0. The van der Waals surface area contributed by atoms with Crippen molar-refractivity contribution in [1.82, 2.24) is 0 Å². The van der Waals surface area contributed by atoms with Gasteiger partial charge in [0.2, 0.25) is 0 Å². The molecule has 0 fully saturated rings. The van der Waals surface area contributed by atoms with Crippen molar-refractivity contribution in [3.63, 3.8) is 0 Å². The maximum atomic E-state index is 6.52. The van der Waals surface area contributed by atoms with Crippen molar-refractivity contribution in [2.24, 2.45) is 0 Å². The second-order valence-electron chi connectivity index (χ2n) is 7.46. The van der Waals surface area contributed by atoms with Crippen molar-refractivity contribution in [3.8, 4) is 0 Å². The van der Waals surface area contributed by atoms with Crippen LogP contribution < -0.4 is 0 Å². The van der Waals surface area contributed by atoms with Crippen LogP contribution >= 0.6 is 0 Å². The molecule has 0 aromatic rings. The molecule has 0 aromatic carbocycles. The Morgan fingerprint density at radius 2 is 0.913 bits per heavy atom. The minimum atomic E-state index is 0.199. The van der Waals surface area contributed by atoms with Crippen molar-refractivity contribution in [2.75, 3.05) is 6.61 Å². The van der Waals surface area contributed by atoms with Gasteiger partial charge in [-0.25, -0.2) is 0 Å². The van der Waals surface area contributed by atoms with Gasteiger partial charge in [-0.1, -0.05) is 105 Å². The third kappa shape index (κ3) is 13.0. The normalized spacial score (nSPS) is 12.0. The molecular weight excluding hydrogens is 280 g/mol. The van der Waals surface area contributed by atoms with Gasteiger partial charge in [-0.2, -0.15) is 0 Å². The van der Waals surface area contributed by atoms with Gasteiger partial charge < -0.3 is 4.74 Å². The summed E-state index contributed by atoms with van der Waals surface area (Å²) in [5, 5.41) is 0. The Kier molecular flexibility index (Phi) is 16.8. The summed E-state index contributed by atoms with van der Waals surface area (Å²) >= 11 is 0. The molecule has 0 unspecified atom stereocenters. The van der Waals surface area contributed by atoms with E-state index in [1.807, 2.05) is 0 Å². The van der Waals surface area contributed by atoms with Crippen LogP contribution in [0.3, 0.4) is 0 Å². The molecule has 0 rings (SSSR count). The average Bonchev–Trinajstić information content (AvgIpc) is 2.57.